The molecule has 3 N–H and O–H groups in total. The van der Waals surface area contributed by atoms with Crippen LogP contribution in [-0.2, 0) is 5.92 Å². The first-order valence-electron chi connectivity index (χ1n) is 6.10. The lowest BCUT2D eigenvalue weighted by molar-refractivity contribution is -0.0467. The molecule has 0 aliphatic rings. The summed E-state index contributed by atoms with van der Waals surface area (Å²) in [4.78, 5) is 0. The second kappa shape index (κ2) is 6.10. The van der Waals surface area contributed by atoms with Gasteiger partial charge in [0.15, 0.2) is 6.61 Å². The highest BCUT2D eigenvalue weighted by Gasteiger charge is 2.32. The second-order valence-corrected chi connectivity index (χ2v) is 4.85. The zero-order valence-corrected chi connectivity index (χ0v) is 11.7. The number of hydrogen-bond acceptors (Lipinski definition) is 2. The number of hydrogen-bond donors (Lipinski definition) is 2. The van der Waals surface area contributed by atoms with E-state index in [1.807, 2.05) is 0 Å². The van der Waals surface area contributed by atoms with Crippen LogP contribution in [0.2, 0.25) is 5.02 Å². The Morgan fingerprint density at radius 3 is 2.48 bits per heavy atom. The Labute approximate surface area is 125 Å². The average molecular weight is 311 g/mol. The molecule has 2 rings (SSSR count). The number of benzene rings is 2. The number of nitrogens with two attached hydrogens (primary N) is 1. The van der Waals surface area contributed by atoms with Crippen molar-refractivity contribution >= 4 is 17.4 Å². The molecule has 2 aromatic carbocycles. The minimum Gasteiger partial charge on any atom is -0.486 e. The molecule has 0 atom stereocenters. The number of nitrogens with one attached hydrogen (secondary N) is 1. The Kier molecular flexibility index (Phi) is 4.43. The molecule has 0 aromatic heterocycles. The lowest BCUT2D eigenvalue weighted by Gasteiger charge is -2.18. The van der Waals surface area contributed by atoms with Gasteiger partial charge in [0.05, 0.1) is 5.56 Å². The highest BCUT2D eigenvalue weighted by atomic mass is 35.5. The van der Waals surface area contributed by atoms with Crippen molar-refractivity contribution in [3.63, 3.8) is 0 Å². The number of alkyl halides is 2. The van der Waals surface area contributed by atoms with Gasteiger partial charge in [0.2, 0.25) is 0 Å². The van der Waals surface area contributed by atoms with Crippen LogP contribution in [0.3, 0.4) is 0 Å². The van der Waals surface area contributed by atoms with Gasteiger partial charge >= 0.3 is 5.92 Å². The molecule has 21 heavy (non-hydrogen) atoms. The van der Waals surface area contributed by atoms with E-state index in [2.05, 4.69) is 0 Å². The van der Waals surface area contributed by atoms with Crippen molar-refractivity contribution in [2.24, 2.45) is 5.73 Å². The van der Waals surface area contributed by atoms with Crippen molar-refractivity contribution in [2.75, 3.05) is 6.61 Å². The van der Waals surface area contributed by atoms with Gasteiger partial charge in [-0.15, -0.1) is 0 Å². The third-order valence-electron chi connectivity index (χ3n) is 2.84. The number of nitrogen functional groups attached to an aromatic ring is 1. The Bertz CT molecular complexity index is 647. The fourth-order valence-corrected chi connectivity index (χ4v) is 1.93. The van der Waals surface area contributed by atoms with E-state index in [0.717, 1.165) is 0 Å². The van der Waals surface area contributed by atoms with Gasteiger partial charge in [0, 0.05) is 10.6 Å². The Morgan fingerprint density at radius 1 is 1.19 bits per heavy atom. The van der Waals surface area contributed by atoms with E-state index in [0.29, 0.717) is 5.02 Å². The van der Waals surface area contributed by atoms with E-state index < -0.39 is 12.5 Å². The molecule has 110 valence electrons. The summed E-state index contributed by atoms with van der Waals surface area (Å²) >= 11 is 5.81. The Hall–Kier alpha value is -2.14. The number of amidine groups is 1. The fourth-order valence-electron chi connectivity index (χ4n) is 1.77. The Balaban J connectivity index is 2.20. The molecular weight excluding hydrogens is 298 g/mol. The van der Waals surface area contributed by atoms with Gasteiger partial charge in [0.25, 0.3) is 0 Å². The molecule has 3 nitrogen and oxygen atoms in total. The molecule has 0 saturated heterocycles. The van der Waals surface area contributed by atoms with Crippen LogP contribution in [0.4, 0.5) is 8.78 Å². The lowest BCUT2D eigenvalue weighted by atomic mass is 10.1. The van der Waals surface area contributed by atoms with Crippen molar-refractivity contribution in [2.45, 2.75) is 5.92 Å². The molecule has 0 aliphatic carbocycles. The molecule has 0 radical (unpaired) electrons. The van der Waals surface area contributed by atoms with Gasteiger partial charge in [-0.05, 0) is 18.2 Å². The fraction of sp³-hybridized carbons (Fsp3) is 0.133. The van der Waals surface area contributed by atoms with Gasteiger partial charge in [-0.3, -0.25) is 5.41 Å². The molecule has 0 aliphatic heterocycles. The SMILES string of the molecule is N=C(N)c1ccc(Cl)cc1OCC(F)(F)c1ccccc1. The van der Waals surface area contributed by atoms with Crippen LogP contribution in [0, 0.1) is 5.41 Å². The molecule has 0 fully saturated rings. The largest absolute Gasteiger partial charge is 0.486 e. The smallest absolute Gasteiger partial charge is 0.306 e. The first-order chi connectivity index (χ1) is 9.90. The number of rotatable bonds is 5. The van der Waals surface area contributed by atoms with Crippen molar-refractivity contribution in [1.82, 2.24) is 0 Å². The molecule has 0 unspecified atom stereocenters. The van der Waals surface area contributed by atoms with Gasteiger partial charge < -0.3 is 10.5 Å². The predicted octanol–water partition coefficient (Wildman–Crippen LogP) is 3.79. The minimum absolute atomic E-state index is 0.0607. The maximum atomic E-state index is 14.0. The highest BCUT2D eigenvalue weighted by Crippen LogP contribution is 2.30. The maximum Gasteiger partial charge on any atom is 0.306 e. The van der Waals surface area contributed by atoms with Crippen molar-refractivity contribution in [1.29, 1.82) is 5.41 Å². The Morgan fingerprint density at radius 2 is 1.86 bits per heavy atom. The van der Waals surface area contributed by atoms with Crippen LogP contribution in [-0.4, -0.2) is 12.4 Å². The van der Waals surface area contributed by atoms with Gasteiger partial charge in [-0.1, -0.05) is 41.9 Å². The molecule has 0 amide bonds. The summed E-state index contributed by atoms with van der Waals surface area (Å²) in [6, 6.07) is 11.7. The average Bonchev–Trinajstić information content (AvgIpc) is 2.46. The van der Waals surface area contributed by atoms with Crippen LogP contribution in [0.25, 0.3) is 0 Å². The monoisotopic (exact) mass is 310 g/mol. The first kappa shape index (κ1) is 15.3. The lowest BCUT2D eigenvalue weighted by Crippen LogP contribution is -2.24. The van der Waals surface area contributed by atoms with E-state index in [-0.39, 0.29) is 22.7 Å². The third-order valence-corrected chi connectivity index (χ3v) is 3.07. The van der Waals surface area contributed by atoms with Gasteiger partial charge in [0.1, 0.15) is 11.6 Å². The topological polar surface area (TPSA) is 59.1 Å². The molecule has 2 aromatic rings. The summed E-state index contributed by atoms with van der Waals surface area (Å²) in [5.74, 6) is -3.37. The van der Waals surface area contributed by atoms with Crippen LogP contribution < -0.4 is 10.5 Å². The quantitative estimate of drug-likeness (QED) is 0.652. The molecule has 0 bridgehead atoms. The molecule has 0 spiro atoms. The standard InChI is InChI=1S/C15H13ClF2N2O/c16-11-6-7-12(14(19)20)13(8-11)21-9-15(17,18)10-4-2-1-3-5-10/h1-8H,9H2,(H3,19,20). The predicted molar refractivity (Wildman–Crippen MR) is 78.3 cm³/mol. The maximum absolute atomic E-state index is 14.0. The van der Waals surface area contributed by atoms with Crippen LogP contribution in [0.15, 0.2) is 48.5 Å². The van der Waals surface area contributed by atoms with E-state index in [4.69, 9.17) is 27.5 Å². The van der Waals surface area contributed by atoms with Crippen molar-refractivity contribution in [3.8, 4) is 5.75 Å². The van der Waals surface area contributed by atoms with E-state index in [1.54, 1.807) is 6.07 Å². The van der Waals surface area contributed by atoms with Gasteiger partial charge in [-0.25, -0.2) is 0 Å². The summed E-state index contributed by atoms with van der Waals surface area (Å²) in [6.45, 7) is -0.863. The first-order valence-corrected chi connectivity index (χ1v) is 6.48. The minimum atomic E-state index is -3.16. The zero-order valence-electron chi connectivity index (χ0n) is 10.9. The number of ether oxygens (including phenoxy) is 1. The summed E-state index contributed by atoms with van der Waals surface area (Å²) in [7, 11) is 0. The van der Waals surface area contributed by atoms with E-state index in [1.165, 1.54) is 42.5 Å². The van der Waals surface area contributed by atoms with E-state index in [9.17, 15) is 8.78 Å². The van der Waals surface area contributed by atoms with Crippen LogP contribution in [0.5, 0.6) is 5.75 Å². The normalized spacial score (nSPS) is 11.2. The van der Waals surface area contributed by atoms with Crippen LogP contribution >= 0.6 is 11.6 Å². The van der Waals surface area contributed by atoms with Crippen molar-refractivity contribution < 1.29 is 13.5 Å². The van der Waals surface area contributed by atoms with Crippen molar-refractivity contribution in [3.05, 3.63) is 64.7 Å². The molecule has 0 heterocycles. The summed E-state index contributed by atoms with van der Waals surface area (Å²) in [5, 5.41) is 7.73. The zero-order chi connectivity index (χ0) is 15.5. The number of halogens is 3. The molecular formula is C15H13ClF2N2O. The summed E-state index contributed by atoms with van der Waals surface area (Å²) in [5.41, 5.74) is 5.47. The van der Waals surface area contributed by atoms with E-state index >= 15 is 0 Å². The summed E-state index contributed by atoms with van der Waals surface area (Å²) in [6.07, 6.45) is 0. The molecule has 6 heteroatoms. The molecule has 0 saturated carbocycles. The van der Waals surface area contributed by atoms with Gasteiger partial charge in [-0.2, -0.15) is 8.78 Å². The second-order valence-electron chi connectivity index (χ2n) is 4.41. The highest BCUT2D eigenvalue weighted by molar-refractivity contribution is 6.30. The van der Waals surface area contributed by atoms with Crippen LogP contribution in [0.1, 0.15) is 11.1 Å². The third kappa shape index (κ3) is 3.70. The summed E-state index contributed by atoms with van der Waals surface area (Å²) < 4.78 is 33.2.